The van der Waals surface area contributed by atoms with E-state index in [0.29, 0.717) is 37.6 Å². The smallest absolute Gasteiger partial charge is 0.368 e. The lowest BCUT2D eigenvalue weighted by Gasteiger charge is -2.35. The number of aryl methyl sites for hydroxylation is 1. The van der Waals surface area contributed by atoms with E-state index in [1.807, 2.05) is 25.3 Å². The van der Waals surface area contributed by atoms with E-state index in [1.165, 1.54) is 15.2 Å². The predicted molar refractivity (Wildman–Crippen MR) is 145 cm³/mol. The topological polar surface area (TPSA) is 59.2 Å². The number of imidazole rings is 1. The molecule has 0 saturated carbocycles. The minimum absolute atomic E-state index is 0.128. The molecule has 1 aliphatic heterocycles. The molecule has 7 nitrogen and oxygen atoms in total. The highest BCUT2D eigenvalue weighted by atomic mass is 19.4. The number of likely N-dealkylation sites (N-methyl/N-ethyl adjacent to an activating group) is 1. The summed E-state index contributed by atoms with van der Waals surface area (Å²) in [5.41, 5.74) is 3.74. The van der Waals surface area contributed by atoms with Crippen LogP contribution in [-0.4, -0.2) is 57.2 Å². The zero-order valence-corrected chi connectivity index (χ0v) is 21.6. The van der Waals surface area contributed by atoms with Crippen molar-refractivity contribution in [1.29, 1.82) is 0 Å². The highest BCUT2D eigenvalue weighted by Gasteiger charge is 2.36. The Labute approximate surface area is 223 Å². The number of rotatable bonds is 4. The number of aromatic nitrogens is 4. The second kappa shape index (κ2) is 9.53. The van der Waals surface area contributed by atoms with E-state index >= 15 is 0 Å². The van der Waals surface area contributed by atoms with Crippen molar-refractivity contribution in [2.24, 2.45) is 7.05 Å². The van der Waals surface area contributed by atoms with Gasteiger partial charge in [0.25, 0.3) is 0 Å². The molecular formula is C29H27F3N6O. The molecule has 0 spiro atoms. The molecule has 3 aromatic heterocycles. The third kappa shape index (κ3) is 4.65. The molecule has 2 aliphatic rings. The van der Waals surface area contributed by atoms with Crippen molar-refractivity contribution in [2.45, 2.75) is 12.6 Å². The van der Waals surface area contributed by atoms with Crippen LogP contribution < -0.4 is 10.6 Å². The molecule has 6 rings (SSSR count). The average Bonchev–Trinajstić information content (AvgIpc) is 3.52. The van der Waals surface area contributed by atoms with Crippen LogP contribution in [0, 0.1) is 0 Å². The molecule has 0 amide bonds. The monoisotopic (exact) mass is 532 g/mol. The molecule has 0 unspecified atom stereocenters. The Morgan fingerprint density at radius 3 is 2.49 bits per heavy atom. The number of benzene rings is 1. The molecule has 0 radical (unpaired) electrons. The average molecular weight is 533 g/mol. The first-order chi connectivity index (χ1) is 18.7. The van der Waals surface area contributed by atoms with Crippen LogP contribution in [-0.2, 0) is 19.6 Å². The molecule has 1 aromatic carbocycles. The van der Waals surface area contributed by atoms with Gasteiger partial charge in [-0.1, -0.05) is 12.2 Å². The van der Waals surface area contributed by atoms with Crippen LogP contribution in [0.25, 0.3) is 34.3 Å². The van der Waals surface area contributed by atoms with Crippen molar-refractivity contribution in [2.75, 3.05) is 38.1 Å². The van der Waals surface area contributed by atoms with Gasteiger partial charge < -0.3 is 14.4 Å². The Balaban J connectivity index is 1.44. The van der Waals surface area contributed by atoms with E-state index in [9.17, 15) is 18.0 Å². The summed E-state index contributed by atoms with van der Waals surface area (Å²) in [6.07, 6.45) is 5.35. The van der Waals surface area contributed by atoms with E-state index in [1.54, 1.807) is 36.6 Å². The molecule has 0 N–H and O–H groups in total. The Hall–Kier alpha value is -4.18. The lowest BCUT2D eigenvalue weighted by Crippen LogP contribution is -2.45. The molecule has 4 aromatic rings. The fourth-order valence-electron chi connectivity index (χ4n) is 5.23. The summed E-state index contributed by atoms with van der Waals surface area (Å²) >= 11 is 0. The number of alkyl halides is 3. The first-order valence-electron chi connectivity index (χ1n) is 12.7. The third-order valence-electron chi connectivity index (χ3n) is 7.41. The van der Waals surface area contributed by atoms with Gasteiger partial charge in [-0.05, 0) is 54.6 Å². The van der Waals surface area contributed by atoms with Gasteiger partial charge in [0.1, 0.15) is 0 Å². The van der Waals surface area contributed by atoms with Gasteiger partial charge in [0.15, 0.2) is 0 Å². The molecule has 4 heterocycles. The van der Waals surface area contributed by atoms with Crippen molar-refractivity contribution in [3.63, 3.8) is 0 Å². The summed E-state index contributed by atoms with van der Waals surface area (Å²) in [6, 6.07) is 9.85. The SMILES string of the molecule is CN1CCN(c2ccc(-n3c(-c4cc(-c5cnc6c(c5)C=CC6)ccn4)cn(C)c3=O)cc2C(F)(F)F)CC1. The van der Waals surface area contributed by atoms with Gasteiger partial charge in [-0.25, -0.2) is 4.79 Å². The quantitative estimate of drug-likeness (QED) is 0.383. The van der Waals surface area contributed by atoms with Gasteiger partial charge in [0, 0.05) is 69.5 Å². The second-order valence-electron chi connectivity index (χ2n) is 10.0. The maximum atomic E-state index is 14.3. The molecule has 10 heteroatoms. The summed E-state index contributed by atoms with van der Waals surface area (Å²) in [6.45, 7) is 2.36. The fourth-order valence-corrected chi connectivity index (χ4v) is 5.23. The third-order valence-corrected chi connectivity index (χ3v) is 7.41. The molecule has 39 heavy (non-hydrogen) atoms. The van der Waals surface area contributed by atoms with Crippen LogP contribution in [0.5, 0.6) is 0 Å². The highest BCUT2D eigenvalue weighted by molar-refractivity contribution is 5.73. The number of pyridine rings is 2. The Morgan fingerprint density at radius 2 is 1.72 bits per heavy atom. The number of nitrogens with zero attached hydrogens (tertiary/aromatic N) is 6. The van der Waals surface area contributed by atoms with Crippen molar-refractivity contribution < 1.29 is 13.2 Å². The van der Waals surface area contributed by atoms with Crippen molar-refractivity contribution >= 4 is 11.8 Å². The summed E-state index contributed by atoms with van der Waals surface area (Å²) < 4.78 is 45.5. The first kappa shape index (κ1) is 25.1. The van der Waals surface area contributed by atoms with Gasteiger partial charge >= 0.3 is 11.9 Å². The minimum Gasteiger partial charge on any atom is -0.368 e. The minimum atomic E-state index is -4.58. The Bertz CT molecular complexity index is 1640. The van der Waals surface area contributed by atoms with Crippen molar-refractivity contribution in [3.05, 3.63) is 88.4 Å². The number of piperazine rings is 1. The standard InChI is InChI=1S/C29H27F3N6O/c1-35-10-12-37(13-11-35)26-7-6-22(16-23(26)29(30,31)32)38-27(18-36(2)28(38)39)25-15-19(8-9-33-25)21-14-20-4-3-5-24(20)34-17-21/h3-4,6-9,14-18H,5,10-13H2,1-2H3. The fraction of sp³-hybridized carbons (Fsp3) is 0.276. The van der Waals surface area contributed by atoms with Gasteiger partial charge in [-0.3, -0.25) is 14.5 Å². The molecule has 0 bridgehead atoms. The number of fused-ring (bicyclic) bond motifs is 1. The summed E-state index contributed by atoms with van der Waals surface area (Å²) in [5, 5.41) is 0. The number of anilines is 1. The molecular weight excluding hydrogens is 505 g/mol. The van der Waals surface area contributed by atoms with E-state index in [0.717, 1.165) is 34.9 Å². The van der Waals surface area contributed by atoms with Gasteiger partial charge in [0.2, 0.25) is 0 Å². The van der Waals surface area contributed by atoms with Crippen LogP contribution in [0.2, 0.25) is 0 Å². The van der Waals surface area contributed by atoms with Gasteiger partial charge in [-0.2, -0.15) is 13.2 Å². The number of hydrogen-bond donors (Lipinski definition) is 0. The lowest BCUT2D eigenvalue weighted by atomic mass is 10.0. The Kier molecular flexibility index (Phi) is 6.14. The van der Waals surface area contributed by atoms with Crippen LogP contribution in [0.15, 0.2) is 65.9 Å². The maximum absolute atomic E-state index is 14.3. The van der Waals surface area contributed by atoms with E-state index < -0.39 is 17.4 Å². The zero-order chi connectivity index (χ0) is 27.3. The van der Waals surface area contributed by atoms with Crippen LogP contribution >= 0.6 is 0 Å². The number of halogens is 3. The predicted octanol–water partition coefficient (Wildman–Crippen LogP) is 4.64. The maximum Gasteiger partial charge on any atom is 0.418 e. The van der Waals surface area contributed by atoms with Gasteiger partial charge in [0.05, 0.1) is 28.3 Å². The first-order valence-corrected chi connectivity index (χ1v) is 12.7. The molecule has 1 aliphatic carbocycles. The van der Waals surface area contributed by atoms with Crippen LogP contribution in [0.1, 0.15) is 16.8 Å². The van der Waals surface area contributed by atoms with Crippen molar-refractivity contribution in [1.82, 2.24) is 24.0 Å². The van der Waals surface area contributed by atoms with Crippen LogP contribution in [0.3, 0.4) is 0 Å². The molecule has 200 valence electrons. The van der Waals surface area contributed by atoms with Gasteiger partial charge in [-0.15, -0.1) is 0 Å². The van der Waals surface area contributed by atoms with E-state index in [4.69, 9.17) is 0 Å². The van der Waals surface area contributed by atoms with E-state index in [2.05, 4.69) is 27.0 Å². The zero-order valence-electron chi connectivity index (χ0n) is 21.6. The van der Waals surface area contributed by atoms with Crippen molar-refractivity contribution in [3.8, 4) is 28.2 Å². The number of allylic oxidation sites excluding steroid dienone is 1. The summed E-state index contributed by atoms with van der Waals surface area (Å²) in [5.74, 6) is 0. The summed E-state index contributed by atoms with van der Waals surface area (Å²) in [7, 11) is 3.53. The largest absolute Gasteiger partial charge is 0.418 e. The van der Waals surface area contributed by atoms with E-state index in [-0.39, 0.29) is 11.4 Å². The molecule has 1 saturated heterocycles. The molecule has 0 atom stereocenters. The lowest BCUT2D eigenvalue weighted by molar-refractivity contribution is -0.137. The Morgan fingerprint density at radius 1 is 0.923 bits per heavy atom. The number of hydrogen-bond acceptors (Lipinski definition) is 5. The van der Waals surface area contributed by atoms with Crippen LogP contribution in [0.4, 0.5) is 18.9 Å². The highest BCUT2D eigenvalue weighted by Crippen LogP contribution is 2.39. The molecule has 1 fully saturated rings. The summed E-state index contributed by atoms with van der Waals surface area (Å²) in [4.78, 5) is 26.1. The normalized spacial score (nSPS) is 15.7. The second-order valence-corrected chi connectivity index (χ2v) is 10.0.